The molecule has 2 aromatic rings. The van der Waals surface area contributed by atoms with Crippen molar-refractivity contribution in [3.8, 4) is 0 Å². The molecule has 1 saturated carbocycles. The van der Waals surface area contributed by atoms with Crippen molar-refractivity contribution in [2.45, 2.75) is 56.7 Å². The largest absolute Gasteiger partial charge is 1.00 e. The van der Waals surface area contributed by atoms with Gasteiger partial charge in [0.05, 0.1) is 18.2 Å². The molecule has 0 radical (unpaired) electrons. The summed E-state index contributed by atoms with van der Waals surface area (Å²) < 4.78 is 1.29. The number of aliphatic carboxylic acids is 1. The second-order valence-corrected chi connectivity index (χ2v) is 7.54. The smallest absolute Gasteiger partial charge is 0.548 e. The summed E-state index contributed by atoms with van der Waals surface area (Å²) in [4.78, 5) is 28.6. The molecular formula is C20H23LiN4O3. The first-order valence-corrected chi connectivity index (χ1v) is 9.43. The Kier molecular flexibility index (Phi) is 6.16. The standard InChI is InChI=1S/C20H24N4O3.Li/c1-12-9-17(20(26)27)24-18(12)21-11-16(19(24)25)23-15-8-7-14(10-15)22-13-5-3-2-4-6-13;/h2-6,11-12,14-15,17,22-23H,7-10H2,1H3,(H,26,27);/q;+1/p-1/t12-,14-,15-,17+;/m1./s1. The van der Waals surface area contributed by atoms with Gasteiger partial charge < -0.3 is 20.5 Å². The molecule has 142 valence electrons. The van der Waals surface area contributed by atoms with E-state index in [1.807, 2.05) is 37.3 Å². The molecule has 2 N–H and O–H groups in total. The molecule has 1 fully saturated rings. The maximum Gasteiger partial charge on any atom is 1.00 e. The third-order valence-electron chi connectivity index (χ3n) is 5.56. The molecule has 0 amide bonds. The summed E-state index contributed by atoms with van der Waals surface area (Å²) in [6.07, 6.45) is 4.72. The van der Waals surface area contributed by atoms with Crippen molar-refractivity contribution >= 4 is 17.3 Å². The number of anilines is 2. The molecule has 0 bridgehead atoms. The van der Waals surface area contributed by atoms with Gasteiger partial charge in [0.1, 0.15) is 11.5 Å². The number of carbonyl (C=O) groups is 1. The fourth-order valence-electron chi connectivity index (χ4n) is 4.23. The normalized spacial score (nSPS) is 25.6. The molecule has 0 unspecified atom stereocenters. The van der Waals surface area contributed by atoms with Crippen molar-refractivity contribution in [1.29, 1.82) is 0 Å². The molecule has 4 rings (SSSR count). The molecule has 2 heterocycles. The quantitative estimate of drug-likeness (QED) is 0.618. The van der Waals surface area contributed by atoms with E-state index in [2.05, 4.69) is 15.6 Å². The third kappa shape index (κ3) is 3.96. The first-order chi connectivity index (χ1) is 13.0. The zero-order valence-electron chi connectivity index (χ0n) is 16.2. The Balaban J connectivity index is 0.00000225. The SMILES string of the molecule is C[C@@H]1C[C@@H](C(=O)[O-])n2c1ncc(N[C@@H]1CC[C@@H](Nc3ccccc3)C1)c2=O.[Li+]. The van der Waals surface area contributed by atoms with E-state index in [4.69, 9.17) is 0 Å². The number of hydrogen-bond donors (Lipinski definition) is 2. The summed E-state index contributed by atoms with van der Waals surface area (Å²) in [6.45, 7) is 1.88. The van der Waals surface area contributed by atoms with Gasteiger partial charge >= 0.3 is 18.9 Å². The van der Waals surface area contributed by atoms with Crippen LogP contribution >= 0.6 is 0 Å². The number of carbonyl (C=O) groups excluding carboxylic acids is 1. The summed E-state index contributed by atoms with van der Waals surface area (Å²) in [5, 5.41) is 18.2. The first-order valence-electron chi connectivity index (χ1n) is 9.43. The molecular weight excluding hydrogens is 351 g/mol. The van der Waals surface area contributed by atoms with Gasteiger partial charge in [0.2, 0.25) is 0 Å². The van der Waals surface area contributed by atoms with Gasteiger partial charge in [-0.25, -0.2) is 4.98 Å². The maximum atomic E-state index is 12.8. The van der Waals surface area contributed by atoms with E-state index < -0.39 is 12.0 Å². The maximum absolute atomic E-state index is 12.8. The van der Waals surface area contributed by atoms with Gasteiger partial charge in [0.25, 0.3) is 5.56 Å². The fourth-order valence-corrected chi connectivity index (χ4v) is 4.23. The van der Waals surface area contributed by atoms with E-state index in [1.165, 1.54) is 4.57 Å². The van der Waals surface area contributed by atoms with E-state index >= 15 is 0 Å². The van der Waals surface area contributed by atoms with E-state index in [9.17, 15) is 14.7 Å². The van der Waals surface area contributed by atoms with Crippen LogP contribution in [0.5, 0.6) is 0 Å². The van der Waals surface area contributed by atoms with Gasteiger partial charge in [0, 0.05) is 23.7 Å². The van der Waals surface area contributed by atoms with Crippen LogP contribution in [0, 0.1) is 0 Å². The minimum Gasteiger partial charge on any atom is -0.548 e. The van der Waals surface area contributed by atoms with Crippen LogP contribution in [-0.4, -0.2) is 27.6 Å². The Morgan fingerprint density at radius 3 is 2.50 bits per heavy atom. The molecule has 1 aliphatic carbocycles. The minimum absolute atomic E-state index is 0. The average molecular weight is 374 g/mol. The Morgan fingerprint density at radius 1 is 1.14 bits per heavy atom. The van der Waals surface area contributed by atoms with Crippen LogP contribution in [0.15, 0.2) is 41.3 Å². The van der Waals surface area contributed by atoms with Crippen molar-refractivity contribution < 1.29 is 28.8 Å². The molecule has 8 heteroatoms. The fraction of sp³-hybridized carbons (Fsp3) is 0.450. The predicted octanol–water partition coefficient (Wildman–Crippen LogP) is -1.51. The number of nitrogens with zero attached hydrogens (tertiary/aromatic N) is 2. The summed E-state index contributed by atoms with van der Waals surface area (Å²) in [6, 6.07) is 9.62. The van der Waals surface area contributed by atoms with Crippen LogP contribution in [0.25, 0.3) is 0 Å². The number of fused-ring (bicyclic) bond motifs is 1. The number of para-hydroxylation sites is 1. The number of carboxylic acid groups (broad SMARTS) is 1. The number of carboxylic acids is 1. The van der Waals surface area contributed by atoms with Crippen molar-refractivity contribution in [2.75, 3.05) is 10.6 Å². The van der Waals surface area contributed by atoms with Gasteiger partial charge in [0.15, 0.2) is 0 Å². The average Bonchev–Trinajstić information content (AvgIpc) is 3.23. The molecule has 1 aliphatic heterocycles. The number of hydrogen-bond acceptors (Lipinski definition) is 6. The van der Waals surface area contributed by atoms with Crippen molar-refractivity contribution in [1.82, 2.24) is 9.55 Å². The summed E-state index contributed by atoms with van der Waals surface area (Å²) in [5.74, 6) is -0.773. The molecule has 0 saturated heterocycles. The molecule has 2 aliphatic rings. The molecule has 28 heavy (non-hydrogen) atoms. The third-order valence-corrected chi connectivity index (χ3v) is 5.56. The van der Waals surface area contributed by atoms with Crippen LogP contribution in [0.4, 0.5) is 11.4 Å². The Morgan fingerprint density at radius 2 is 1.82 bits per heavy atom. The molecule has 0 spiro atoms. The predicted molar refractivity (Wildman–Crippen MR) is 101 cm³/mol. The van der Waals surface area contributed by atoms with Crippen LogP contribution in [-0.2, 0) is 4.79 Å². The topological polar surface area (TPSA) is 99.1 Å². The summed E-state index contributed by atoms with van der Waals surface area (Å²) in [5.41, 5.74) is 1.13. The zero-order valence-corrected chi connectivity index (χ0v) is 16.2. The molecule has 7 nitrogen and oxygen atoms in total. The van der Waals surface area contributed by atoms with Crippen LogP contribution in [0.3, 0.4) is 0 Å². The summed E-state index contributed by atoms with van der Waals surface area (Å²) in [7, 11) is 0. The van der Waals surface area contributed by atoms with E-state index in [-0.39, 0.29) is 36.4 Å². The number of benzene rings is 1. The summed E-state index contributed by atoms with van der Waals surface area (Å²) >= 11 is 0. The van der Waals surface area contributed by atoms with E-state index in [1.54, 1.807) is 6.20 Å². The van der Waals surface area contributed by atoms with Gasteiger partial charge in [-0.2, -0.15) is 0 Å². The monoisotopic (exact) mass is 374 g/mol. The number of aromatic nitrogens is 2. The van der Waals surface area contributed by atoms with Gasteiger partial charge in [-0.3, -0.25) is 9.36 Å². The molecule has 1 aromatic heterocycles. The van der Waals surface area contributed by atoms with E-state index in [0.717, 1.165) is 24.9 Å². The first kappa shape index (κ1) is 20.5. The zero-order chi connectivity index (χ0) is 19.0. The second-order valence-electron chi connectivity index (χ2n) is 7.54. The van der Waals surface area contributed by atoms with Gasteiger partial charge in [-0.1, -0.05) is 25.1 Å². The van der Waals surface area contributed by atoms with Crippen LogP contribution in [0.1, 0.15) is 50.4 Å². The van der Waals surface area contributed by atoms with Crippen molar-refractivity contribution in [3.63, 3.8) is 0 Å². The number of nitrogens with one attached hydrogen (secondary N) is 2. The van der Waals surface area contributed by atoms with Crippen molar-refractivity contribution in [2.24, 2.45) is 0 Å². The van der Waals surface area contributed by atoms with E-state index in [0.29, 0.717) is 24.0 Å². The Labute approximate surface area is 175 Å². The Bertz CT molecular complexity index is 902. The minimum atomic E-state index is -1.23. The number of rotatable bonds is 5. The molecule has 1 aromatic carbocycles. The molecule has 4 atom stereocenters. The van der Waals surface area contributed by atoms with Crippen molar-refractivity contribution in [3.05, 3.63) is 52.7 Å². The van der Waals surface area contributed by atoms with Crippen LogP contribution in [0.2, 0.25) is 0 Å². The van der Waals surface area contributed by atoms with Gasteiger partial charge in [-0.15, -0.1) is 0 Å². The Hall–Kier alpha value is -2.23. The second kappa shape index (κ2) is 8.42. The van der Waals surface area contributed by atoms with Gasteiger partial charge in [-0.05, 0) is 37.8 Å². The van der Waals surface area contributed by atoms with Crippen LogP contribution < -0.4 is 40.2 Å².